The molecule has 1 fully saturated rings. The minimum Gasteiger partial charge on any atom is -0.341 e. The molecule has 35 heavy (non-hydrogen) atoms. The van der Waals surface area contributed by atoms with Gasteiger partial charge in [0.05, 0.1) is 5.69 Å². The van der Waals surface area contributed by atoms with Crippen molar-refractivity contribution in [3.63, 3.8) is 0 Å². The normalized spacial score (nSPS) is 15.0. The summed E-state index contributed by atoms with van der Waals surface area (Å²) in [7, 11) is -3.45. The summed E-state index contributed by atoms with van der Waals surface area (Å²) >= 11 is 6.24. The number of halogens is 1. The Morgan fingerprint density at radius 1 is 1.09 bits per heavy atom. The maximum absolute atomic E-state index is 11.7. The second-order valence-corrected chi connectivity index (χ2v) is 10.9. The molecule has 10 nitrogen and oxygen atoms in total. The number of fused-ring (bicyclic) bond motifs is 1. The first-order valence-corrected chi connectivity index (χ1v) is 13.6. The van der Waals surface area contributed by atoms with Crippen LogP contribution in [-0.2, 0) is 16.3 Å². The summed E-state index contributed by atoms with van der Waals surface area (Å²) < 4.78 is 25.5. The molecule has 0 aromatic carbocycles. The third kappa shape index (κ3) is 4.78. The van der Waals surface area contributed by atoms with Gasteiger partial charge in [0, 0.05) is 61.9 Å². The number of nitrogens with one attached hydrogen (secondary N) is 1. The third-order valence-corrected chi connectivity index (χ3v) is 7.48. The molecule has 5 heterocycles. The molecule has 4 aromatic heterocycles. The minimum atomic E-state index is -3.45. The van der Waals surface area contributed by atoms with Crippen LogP contribution < -0.4 is 10.2 Å². The Labute approximate surface area is 208 Å². The first-order chi connectivity index (χ1) is 16.8. The lowest BCUT2D eigenvalue weighted by atomic mass is 9.94. The zero-order valence-corrected chi connectivity index (χ0v) is 21.0. The molecular weight excluding hydrogens is 488 g/mol. The van der Waals surface area contributed by atoms with Crippen molar-refractivity contribution in [3.05, 3.63) is 59.5 Å². The van der Waals surface area contributed by atoms with Crippen LogP contribution in [0.1, 0.15) is 36.9 Å². The molecule has 0 radical (unpaired) electrons. The van der Waals surface area contributed by atoms with E-state index < -0.39 is 9.84 Å². The second-order valence-electron chi connectivity index (χ2n) is 8.54. The zero-order valence-electron chi connectivity index (χ0n) is 19.4. The molecule has 1 saturated heterocycles. The maximum atomic E-state index is 11.7. The standard InChI is InChI=1S/C23H25ClN8O2S/c1-3-15-12-27-23(28-13-15)31-9-6-16(7-10-31)18-14-26-22-21(25-8-11-32(18)22)29-17-4-5-19(30-20(17)24)35(2,33)34/h4-5,8,11-14,16H,3,6-7,9-10H2,1-2H3,(H,25,29). The average Bonchev–Trinajstić information content (AvgIpc) is 3.30. The molecule has 5 rings (SSSR count). The fourth-order valence-electron chi connectivity index (χ4n) is 4.24. The highest BCUT2D eigenvalue weighted by Gasteiger charge is 2.25. The van der Waals surface area contributed by atoms with Gasteiger partial charge in [-0.25, -0.2) is 33.3 Å². The first-order valence-electron chi connectivity index (χ1n) is 11.3. The van der Waals surface area contributed by atoms with Crippen LogP contribution >= 0.6 is 11.6 Å². The van der Waals surface area contributed by atoms with E-state index in [-0.39, 0.29) is 10.2 Å². The van der Waals surface area contributed by atoms with Crippen molar-refractivity contribution in [2.75, 3.05) is 29.6 Å². The molecule has 0 aliphatic carbocycles. The van der Waals surface area contributed by atoms with Gasteiger partial charge < -0.3 is 10.2 Å². The van der Waals surface area contributed by atoms with E-state index in [1.165, 1.54) is 6.07 Å². The van der Waals surface area contributed by atoms with E-state index in [4.69, 9.17) is 11.6 Å². The molecule has 0 bridgehead atoms. The van der Waals surface area contributed by atoms with E-state index in [1.54, 1.807) is 12.3 Å². The highest BCUT2D eigenvalue weighted by Crippen LogP contribution is 2.32. The van der Waals surface area contributed by atoms with Crippen LogP contribution in [0.5, 0.6) is 0 Å². The number of piperidine rings is 1. The van der Waals surface area contributed by atoms with Crippen molar-refractivity contribution in [2.45, 2.75) is 37.1 Å². The third-order valence-electron chi connectivity index (χ3n) is 6.21. The monoisotopic (exact) mass is 512 g/mol. The molecule has 0 atom stereocenters. The molecule has 0 unspecified atom stereocenters. The largest absolute Gasteiger partial charge is 0.341 e. The summed E-state index contributed by atoms with van der Waals surface area (Å²) in [6.45, 7) is 3.83. The summed E-state index contributed by atoms with van der Waals surface area (Å²) in [4.78, 5) is 24.3. The Hall–Kier alpha value is -3.31. The lowest BCUT2D eigenvalue weighted by molar-refractivity contribution is 0.488. The van der Waals surface area contributed by atoms with Gasteiger partial charge in [-0.3, -0.25) is 4.40 Å². The Morgan fingerprint density at radius 3 is 2.49 bits per heavy atom. The van der Waals surface area contributed by atoms with Crippen LogP contribution in [-0.4, -0.2) is 57.1 Å². The van der Waals surface area contributed by atoms with Crippen LogP contribution in [0.15, 0.2) is 48.1 Å². The number of hydrogen-bond donors (Lipinski definition) is 1. The summed E-state index contributed by atoms with van der Waals surface area (Å²) in [6, 6.07) is 2.99. The summed E-state index contributed by atoms with van der Waals surface area (Å²) in [5, 5.41) is 3.10. The molecule has 1 aliphatic heterocycles. The van der Waals surface area contributed by atoms with Crippen molar-refractivity contribution in [2.24, 2.45) is 0 Å². The average molecular weight is 513 g/mol. The van der Waals surface area contributed by atoms with E-state index in [9.17, 15) is 8.42 Å². The van der Waals surface area contributed by atoms with Gasteiger partial charge in [0.2, 0.25) is 5.95 Å². The zero-order chi connectivity index (χ0) is 24.6. The number of rotatable bonds is 6. The highest BCUT2D eigenvalue weighted by atomic mass is 35.5. The number of pyridine rings is 1. The van der Waals surface area contributed by atoms with Gasteiger partial charge in [0.1, 0.15) is 0 Å². The van der Waals surface area contributed by atoms with E-state index >= 15 is 0 Å². The van der Waals surface area contributed by atoms with Crippen molar-refractivity contribution in [1.29, 1.82) is 0 Å². The molecule has 1 aliphatic rings. The quantitative estimate of drug-likeness (QED) is 0.386. The van der Waals surface area contributed by atoms with Gasteiger partial charge in [0.15, 0.2) is 31.5 Å². The predicted octanol–water partition coefficient (Wildman–Crippen LogP) is 3.66. The fraction of sp³-hybridized carbons (Fsp3) is 0.348. The van der Waals surface area contributed by atoms with Crippen LogP contribution in [0.4, 0.5) is 17.5 Å². The maximum Gasteiger partial charge on any atom is 0.225 e. The van der Waals surface area contributed by atoms with Crippen molar-refractivity contribution >= 4 is 44.5 Å². The van der Waals surface area contributed by atoms with Gasteiger partial charge in [-0.05, 0) is 37.0 Å². The summed E-state index contributed by atoms with van der Waals surface area (Å²) in [6.07, 6.45) is 13.2. The van der Waals surface area contributed by atoms with Crippen LogP contribution in [0, 0.1) is 0 Å². The SMILES string of the molecule is CCc1cnc(N2CCC(c3cnc4c(Nc5ccc(S(C)(=O)=O)nc5Cl)nccn34)CC2)nc1. The van der Waals surface area contributed by atoms with Crippen LogP contribution in [0.2, 0.25) is 5.15 Å². The van der Waals surface area contributed by atoms with E-state index in [1.807, 2.05) is 29.2 Å². The molecule has 182 valence electrons. The van der Waals surface area contributed by atoms with Crippen molar-refractivity contribution in [3.8, 4) is 0 Å². The Kier molecular flexibility index (Phi) is 6.28. The smallest absolute Gasteiger partial charge is 0.225 e. The molecule has 12 heteroatoms. The minimum absolute atomic E-state index is 0.0464. The number of anilines is 3. The fourth-order valence-corrected chi connectivity index (χ4v) is 5.07. The molecule has 4 aromatic rings. The van der Waals surface area contributed by atoms with Gasteiger partial charge >= 0.3 is 0 Å². The molecule has 0 saturated carbocycles. The first kappa shape index (κ1) is 23.4. The van der Waals surface area contributed by atoms with Gasteiger partial charge in [-0.1, -0.05) is 18.5 Å². The number of nitrogens with zero attached hydrogens (tertiary/aromatic N) is 7. The molecule has 0 amide bonds. The van der Waals surface area contributed by atoms with E-state index in [0.29, 0.717) is 23.1 Å². The number of sulfone groups is 1. The summed E-state index contributed by atoms with van der Waals surface area (Å²) in [5.74, 6) is 1.63. The Bertz CT molecular complexity index is 1460. The van der Waals surface area contributed by atoms with Gasteiger partial charge in [-0.15, -0.1) is 0 Å². The van der Waals surface area contributed by atoms with Crippen LogP contribution in [0.3, 0.4) is 0 Å². The van der Waals surface area contributed by atoms with Gasteiger partial charge in [-0.2, -0.15) is 0 Å². The molecule has 0 spiro atoms. The summed E-state index contributed by atoms with van der Waals surface area (Å²) in [5.41, 5.74) is 3.36. The van der Waals surface area contributed by atoms with Crippen LogP contribution in [0.25, 0.3) is 5.65 Å². The number of aromatic nitrogens is 6. The van der Waals surface area contributed by atoms with Crippen molar-refractivity contribution in [1.82, 2.24) is 29.3 Å². The van der Waals surface area contributed by atoms with E-state index in [0.717, 1.165) is 55.8 Å². The molecule has 1 N–H and O–H groups in total. The molecular formula is C23H25ClN8O2S. The highest BCUT2D eigenvalue weighted by molar-refractivity contribution is 7.90. The number of imidazole rings is 1. The lowest BCUT2D eigenvalue weighted by Gasteiger charge is -2.31. The van der Waals surface area contributed by atoms with E-state index in [2.05, 4.69) is 42.1 Å². The number of aryl methyl sites for hydroxylation is 1. The van der Waals surface area contributed by atoms with Gasteiger partial charge in [0.25, 0.3) is 0 Å². The Balaban J connectivity index is 1.34. The Morgan fingerprint density at radius 2 is 1.83 bits per heavy atom. The second kappa shape index (κ2) is 9.38. The lowest BCUT2D eigenvalue weighted by Crippen LogP contribution is -2.34. The van der Waals surface area contributed by atoms with Crippen molar-refractivity contribution < 1.29 is 8.42 Å². The topological polar surface area (TPSA) is 118 Å². The predicted molar refractivity (Wildman–Crippen MR) is 134 cm³/mol. The number of hydrogen-bond acceptors (Lipinski definition) is 9.